The Kier molecular flexibility index (Phi) is 4.81. The third kappa shape index (κ3) is 3.39. The zero-order chi connectivity index (χ0) is 20.9. The number of aliphatic hydroxyl groups excluding tert-OH is 2. The quantitative estimate of drug-likeness (QED) is 0.611. The molecule has 1 saturated heterocycles. The number of aliphatic hydroxyl groups is 2. The number of aromatic amines is 1. The zero-order valence-corrected chi connectivity index (χ0v) is 17.1. The van der Waals surface area contributed by atoms with Gasteiger partial charge in [0, 0.05) is 53.8 Å². The van der Waals surface area contributed by atoms with E-state index >= 15 is 0 Å². The van der Waals surface area contributed by atoms with Crippen LogP contribution in [-0.4, -0.2) is 45.3 Å². The van der Waals surface area contributed by atoms with Gasteiger partial charge in [0.2, 0.25) is 0 Å². The summed E-state index contributed by atoms with van der Waals surface area (Å²) >= 11 is 0. The topological polar surface area (TPSA) is 68.7 Å². The van der Waals surface area contributed by atoms with E-state index in [0.29, 0.717) is 13.0 Å². The van der Waals surface area contributed by atoms with Crippen LogP contribution in [0.2, 0.25) is 0 Å². The van der Waals surface area contributed by atoms with Crippen LogP contribution < -0.4 is 4.74 Å². The second-order valence-electron chi connectivity index (χ2n) is 8.71. The van der Waals surface area contributed by atoms with E-state index < -0.39 is 12.2 Å². The molecule has 30 heavy (non-hydrogen) atoms. The Morgan fingerprint density at radius 1 is 1.23 bits per heavy atom. The van der Waals surface area contributed by atoms with Crippen molar-refractivity contribution in [3.8, 4) is 5.75 Å². The van der Waals surface area contributed by atoms with Crippen molar-refractivity contribution in [1.29, 1.82) is 0 Å². The summed E-state index contributed by atoms with van der Waals surface area (Å²) in [6.07, 6.45) is 0.990. The number of aromatic nitrogens is 1. The van der Waals surface area contributed by atoms with Gasteiger partial charge in [0.1, 0.15) is 17.2 Å². The van der Waals surface area contributed by atoms with Gasteiger partial charge in [0.25, 0.3) is 0 Å². The fraction of sp³-hybridized carbons (Fsp3) is 0.417. The lowest BCUT2D eigenvalue weighted by atomic mass is 9.81. The minimum Gasteiger partial charge on any atom is -0.487 e. The van der Waals surface area contributed by atoms with Crippen molar-refractivity contribution in [2.45, 2.75) is 44.0 Å². The van der Waals surface area contributed by atoms with E-state index in [-0.39, 0.29) is 11.4 Å². The molecule has 3 aromatic rings. The first-order valence-corrected chi connectivity index (χ1v) is 10.6. The molecule has 0 unspecified atom stereocenters. The van der Waals surface area contributed by atoms with Crippen molar-refractivity contribution in [2.24, 2.45) is 0 Å². The van der Waals surface area contributed by atoms with Gasteiger partial charge in [-0.15, -0.1) is 0 Å². The number of likely N-dealkylation sites (tertiary alicyclic amines) is 1. The monoisotopic (exact) mass is 410 g/mol. The molecule has 2 atom stereocenters. The van der Waals surface area contributed by atoms with E-state index in [1.54, 1.807) is 6.07 Å². The number of hydrogen-bond acceptors (Lipinski definition) is 4. The Hall–Kier alpha value is -2.41. The average Bonchev–Trinajstić information content (AvgIpc) is 3.05. The number of nitrogens with zero attached hydrogens (tertiary/aromatic N) is 1. The molecule has 0 bridgehead atoms. The molecule has 5 nitrogen and oxygen atoms in total. The summed E-state index contributed by atoms with van der Waals surface area (Å²) in [5, 5.41) is 22.3. The van der Waals surface area contributed by atoms with E-state index in [0.717, 1.165) is 59.4 Å². The molecule has 0 radical (unpaired) electrons. The molecule has 6 heteroatoms. The van der Waals surface area contributed by atoms with E-state index in [2.05, 4.69) is 9.88 Å². The van der Waals surface area contributed by atoms with Gasteiger partial charge in [-0.25, -0.2) is 4.39 Å². The first-order chi connectivity index (χ1) is 14.4. The highest BCUT2D eigenvalue weighted by Gasteiger charge is 2.43. The summed E-state index contributed by atoms with van der Waals surface area (Å²) in [6.45, 7) is 3.96. The van der Waals surface area contributed by atoms with Gasteiger partial charge < -0.3 is 24.8 Å². The second kappa shape index (κ2) is 7.38. The number of H-pyrrole nitrogens is 1. The molecule has 3 N–H and O–H groups in total. The lowest BCUT2D eigenvalue weighted by molar-refractivity contribution is -0.0587. The van der Waals surface area contributed by atoms with Crippen molar-refractivity contribution < 1.29 is 19.3 Å². The minimum absolute atomic E-state index is 0.303. The van der Waals surface area contributed by atoms with Gasteiger partial charge in [-0.3, -0.25) is 0 Å². The van der Waals surface area contributed by atoms with Crippen LogP contribution in [-0.2, 0) is 0 Å². The van der Waals surface area contributed by atoms with E-state index in [1.165, 1.54) is 12.1 Å². The Balaban J connectivity index is 1.28. The molecule has 2 aromatic carbocycles. The first kappa shape index (κ1) is 19.5. The van der Waals surface area contributed by atoms with Gasteiger partial charge in [0.15, 0.2) is 0 Å². The maximum Gasteiger partial charge on any atom is 0.125 e. The number of halogens is 1. The Labute approximate surface area is 175 Å². The summed E-state index contributed by atoms with van der Waals surface area (Å²) in [6, 6.07) is 12.3. The maximum atomic E-state index is 13.7. The average molecular weight is 410 g/mol. The number of rotatable bonds is 3. The van der Waals surface area contributed by atoms with E-state index in [9.17, 15) is 14.6 Å². The highest BCUT2D eigenvalue weighted by Crippen LogP contribution is 2.44. The van der Waals surface area contributed by atoms with Gasteiger partial charge in [-0.2, -0.15) is 0 Å². The van der Waals surface area contributed by atoms with Gasteiger partial charge >= 0.3 is 0 Å². The van der Waals surface area contributed by atoms with Crippen LogP contribution >= 0.6 is 0 Å². The molecule has 0 amide bonds. The normalized spacial score (nSPS) is 22.1. The lowest BCUT2D eigenvalue weighted by Crippen LogP contribution is -2.51. The van der Waals surface area contributed by atoms with Crippen LogP contribution in [0, 0.1) is 12.7 Å². The summed E-state index contributed by atoms with van der Waals surface area (Å²) in [5.41, 5.74) is 2.98. The van der Waals surface area contributed by atoms with E-state index in [1.807, 2.05) is 31.2 Å². The highest BCUT2D eigenvalue weighted by atomic mass is 19.1. The number of piperidine rings is 1. The molecule has 0 aliphatic carbocycles. The van der Waals surface area contributed by atoms with E-state index in [4.69, 9.17) is 4.74 Å². The Morgan fingerprint density at radius 3 is 2.80 bits per heavy atom. The molecule has 158 valence electrons. The number of nitrogens with one attached hydrogen (secondary N) is 1. The number of β-amino-alcohol motifs (C(OH)–C–C–N with tert-alkyl or cyclic N) is 1. The summed E-state index contributed by atoms with van der Waals surface area (Å²) in [5.74, 6) is 0.476. The van der Waals surface area contributed by atoms with Crippen LogP contribution in [0.5, 0.6) is 5.75 Å². The van der Waals surface area contributed by atoms with Gasteiger partial charge in [0.05, 0.1) is 12.2 Å². The predicted molar refractivity (Wildman–Crippen MR) is 113 cm³/mol. The largest absolute Gasteiger partial charge is 0.487 e. The van der Waals surface area contributed by atoms with Crippen LogP contribution in [0.15, 0.2) is 42.5 Å². The molecule has 1 fully saturated rings. The maximum absolute atomic E-state index is 13.7. The Bertz CT molecular complexity index is 1070. The predicted octanol–water partition coefficient (Wildman–Crippen LogP) is 4.00. The van der Waals surface area contributed by atoms with Crippen LogP contribution in [0.1, 0.15) is 48.3 Å². The van der Waals surface area contributed by atoms with Gasteiger partial charge in [-0.1, -0.05) is 18.2 Å². The second-order valence-corrected chi connectivity index (χ2v) is 8.71. The number of para-hydroxylation sites is 1. The van der Waals surface area contributed by atoms with Crippen molar-refractivity contribution in [3.63, 3.8) is 0 Å². The molecule has 3 heterocycles. The fourth-order valence-electron chi connectivity index (χ4n) is 5.12. The first-order valence-electron chi connectivity index (χ1n) is 10.6. The molecule has 0 saturated carbocycles. The highest BCUT2D eigenvalue weighted by molar-refractivity contribution is 5.85. The minimum atomic E-state index is -0.701. The third-order valence-electron chi connectivity index (χ3n) is 6.70. The summed E-state index contributed by atoms with van der Waals surface area (Å²) < 4.78 is 20.1. The van der Waals surface area contributed by atoms with Crippen molar-refractivity contribution in [1.82, 2.24) is 9.88 Å². The zero-order valence-electron chi connectivity index (χ0n) is 17.1. The number of ether oxygens (including phenoxy) is 1. The number of hydrogen-bond donors (Lipinski definition) is 3. The smallest absolute Gasteiger partial charge is 0.125 e. The molecule has 1 spiro atoms. The SMILES string of the molecule is Cc1[nH]c2ccc(F)cc2c1[C@H](O)CN1CCC2(CC1)C[C@H](O)c1ccccc1O2. The van der Waals surface area contributed by atoms with Crippen molar-refractivity contribution in [2.75, 3.05) is 19.6 Å². The van der Waals surface area contributed by atoms with Crippen molar-refractivity contribution in [3.05, 3.63) is 65.1 Å². The molecule has 1 aromatic heterocycles. The molecular weight excluding hydrogens is 383 g/mol. The fourth-order valence-corrected chi connectivity index (χ4v) is 5.12. The molecular formula is C24H27FN2O3. The number of fused-ring (bicyclic) bond motifs is 2. The molecule has 2 aliphatic heterocycles. The third-order valence-corrected chi connectivity index (χ3v) is 6.70. The lowest BCUT2D eigenvalue weighted by Gasteiger charge is -2.46. The van der Waals surface area contributed by atoms with Crippen molar-refractivity contribution >= 4 is 10.9 Å². The summed E-state index contributed by atoms with van der Waals surface area (Å²) in [4.78, 5) is 5.47. The Morgan fingerprint density at radius 2 is 2.00 bits per heavy atom. The van der Waals surface area contributed by atoms with Crippen LogP contribution in [0.3, 0.4) is 0 Å². The number of aryl methyl sites for hydroxylation is 1. The van der Waals surface area contributed by atoms with Crippen LogP contribution in [0.4, 0.5) is 4.39 Å². The summed E-state index contributed by atoms with van der Waals surface area (Å²) in [7, 11) is 0. The standard InChI is InChI=1S/C24H27FN2O3/c1-15-23(18-12-16(25)6-7-19(18)26-15)21(29)14-27-10-8-24(9-11-27)13-20(28)17-4-2-3-5-22(17)30-24/h2-7,12,20-21,26,28-29H,8-11,13-14H2,1H3/t20-,21+/m0/s1. The van der Waals surface area contributed by atoms with Crippen LogP contribution in [0.25, 0.3) is 10.9 Å². The molecule has 5 rings (SSSR count). The number of benzene rings is 2. The van der Waals surface area contributed by atoms with Gasteiger partial charge in [-0.05, 0) is 44.0 Å². The molecule has 2 aliphatic rings.